The largest absolute Gasteiger partial charge is 0.489 e. The maximum atomic E-state index is 13.6. The number of nitrogens with one attached hydrogen (secondary N) is 1. The third-order valence-electron chi connectivity index (χ3n) is 7.44. The maximum Gasteiger partial charge on any atom is 0.387 e. The van der Waals surface area contributed by atoms with Crippen LogP contribution in [0, 0.1) is 5.92 Å². The highest BCUT2D eigenvalue weighted by molar-refractivity contribution is 7.90. The van der Waals surface area contributed by atoms with Crippen LogP contribution in [0.3, 0.4) is 0 Å². The molecule has 1 aliphatic heterocycles. The number of sulfonamides is 2. The molecule has 18 heteroatoms. The predicted octanol–water partition coefficient (Wildman–Crippen LogP) is 3.76. The van der Waals surface area contributed by atoms with E-state index in [1.165, 1.54) is 42.7 Å². The molecule has 254 valence electrons. The number of aromatic nitrogens is 1. The van der Waals surface area contributed by atoms with Gasteiger partial charge >= 0.3 is 12.6 Å². The SMILES string of the molecule is NS(=O)(=O)c1cccc(S(=O)(=O)N2CCOC(C(=O)O[C@@H](Cc3c(Cl)c[nH+]cc3Cl)c3ccc(OC(F)F)c(OCC4CC4)c3)C2)c1. The first-order valence-corrected chi connectivity index (χ1v) is 18.0. The number of halogens is 4. The molecular weight excluding hydrogens is 707 g/mol. The number of H-pyrrole nitrogens is 1. The number of carbonyl (C=O) groups is 1. The molecule has 47 heavy (non-hydrogen) atoms. The summed E-state index contributed by atoms with van der Waals surface area (Å²) < 4.78 is 99.6. The molecule has 0 bridgehead atoms. The van der Waals surface area contributed by atoms with Crippen molar-refractivity contribution >= 4 is 49.2 Å². The summed E-state index contributed by atoms with van der Waals surface area (Å²) >= 11 is 12.8. The van der Waals surface area contributed by atoms with Crippen molar-refractivity contribution in [3.63, 3.8) is 0 Å². The second-order valence-corrected chi connectivity index (χ2v) is 15.2. The van der Waals surface area contributed by atoms with E-state index in [1.54, 1.807) is 0 Å². The van der Waals surface area contributed by atoms with Crippen molar-refractivity contribution in [3.8, 4) is 11.5 Å². The third-order valence-corrected chi connectivity index (χ3v) is 10.9. The number of esters is 1. The summed E-state index contributed by atoms with van der Waals surface area (Å²) in [5, 5.41) is 5.63. The number of hydrogen-bond donors (Lipinski definition) is 1. The van der Waals surface area contributed by atoms with Crippen molar-refractivity contribution in [3.05, 3.63) is 76.0 Å². The van der Waals surface area contributed by atoms with Gasteiger partial charge in [-0.3, -0.25) is 0 Å². The van der Waals surface area contributed by atoms with Crippen LogP contribution in [0.15, 0.2) is 64.6 Å². The Balaban J connectivity index is 1.41. The topological polar surface area (TPSA) is 166 Å². The molecule has 5 rings (SSSR count). The number of nitrogens with two attached hydrogens (primary N) is 1. The molecular formula is C29H30Cl2F2N3O9S2+. The van der Waals surface area contributed by atoms with Crippen LogP contribution in [0.1, 0.15) is 30.1 Å². The summed E-state index contributed by atoms with van der Waals surface area (Å²) in [4.78, 5) is 15.6. The predicted molar refractivity (Wildman–Crippen MR) is 163 cm³/mol. The Hall–Kier alpha value is -3.12. The van der Waals surface area contributed by atoms with Gasteiger partial charge in [-0.05, 0) is 54.7 Å². The van der Waals surface area contributed by atoms with E-state index in [2.05, 4.69) is 9.72 Å². The van der Waals surface area contributed by atoms with Crippen LogP contribution in [0.25, 0.3) is 0 Å². The minimum absolute atomic E-state index is 0.0160. The van der Waals surface area contributed by atoms with Gasteiger partial charge in [0.1, 0.15) is 16.1 Å². The number of nitrogens with zero attached hydrogens (tertiary/aromatic N) is 1. The average Bonchev–Trinajstić information content (AvgIpc) is 3.86. The summed E-state index contributed by atoms with van der Waals surface area (Å²) in [6.45, 7) is -3.59. The first-order valence-electron chi connectivity index (χ1n) is 14.2. The summed E-state index contributed by atoms with van der Waals surface area (Å²) in [6, 6.07) is 8.65. The van der Waals surface area contributed by atoms with Crippen molar-refractivity contribution in [2.24, 2.45) is 11.1 Å². The van der Waals surface area contributed by atoms with Gasteiger partial charge in [-0.2, -0.15) is 13.1 Å². The van der Waals surface area contributed by atoms with E-state index in [-0.39, 0.29) is 58.5 Å². The third kappa shape index (κ3) is 8.87. The van der Waals surface area contributed by atoms with Crippen molar-refractivity contribution in [1.29, 1.82) is 0 Å². The molecule has 2 heterocycles. The van der Waals surface area contributed by atoms with Gasteiger partial charge in [-0.1, -0.05) is 35.3 Å². The number of ether oxygens (including phenoxy) is 4. The lowest BCUT2D eigenvalue weighted by Crippen LogP contribution is -2.49. The summed E-state index contributed by atoms with van der Waals surface area (Å²) in [5.74, 6) is -0.837. The molecule has 2 aromatic carbocycles. The first-order chi connectivity index (χ1) is 22.2. The van der Waals surface area contributed by atoms with Crippen molar-refractivity contribution in [2.45, 2.75) is 47.9 Å². The van der Waals surface area contributed by atoms with Crippen molar-refractivity contribution < 1.29 is 54.3 Å². The second-order valence-electron chi connectivity index (χ2n) is 10.8. The minimum atomic E-state index is -4.28. The van der Waals surface area contributed by atoms with Gasteiger partial charge in [0.2, 0.25) is 20.0 Å². The van der Waals surface area contributed by atoms with Crippen LogP contribution in [-0.2, 0) is 40.7 Å². The maximum absolute atomic E-state index is 13.6. The number of primary sulfonamides is 1. The van der Waals surface area contributed by atoms with Crippen LogP contribution < -0.4 is 19.6 Å². The van der Waals surface area contributed by atoms with Crippen LogP contribution in [0.2, 0.25) is 10.0 Å². The van der Waals surface area contributed by atoms with Crippen molar-refractivity contribution in [1.82, 2.24) is 4.31 Å². The second kappa shape index (κ2) is 14.6. The lowest BCUT2D eigenvalue weighted by Gasteiger charge is -2.32. The number of carbonyl (C=O) groups excluding carboxylic acids is 1. The molecule has 1 unspecified atom stereocenters. The zero-order chi connectivity index (χ0) is 33.9. The van der Waals surface area contributed by atoms with E-state index in [1.807, 2.05) is 0 Å². The van der Waals surface area contributed by atoms with Gasteiger partial charge in [-0.15, -0.1) is 0 Å². The molecule has 0 spiro atoms. The fourth-order valence-electron chi connectivity index (χ4n) is 4.77. The van der Waals surface area contributed by atoms with E-state index < -0.39 is 56.3 Å². The van der Waals surface area contributed by atoms with E-state index >= 15 is 0 Å². The molecule has 2 fully saturated rings. The van der Waals surface area contributed by atoms with Gasteiger partial charge < -0.3 is 18.9 Å². The van der Waals surface area contributed by atoms with Crippen LogP contribution >= 0.6 is 23.2 Å². The molecule has 2 atom stereocenters. The normalized spacial score (nSPS) is 18.1. The fourth-order valence-corrected chi connectivity index (χ4v) is 7.41. The minimum Gasteiger partial charge on any atom is -0.489 e. The highest BCUT2D eigenvalue weighted by Gasteiger charge is 2.37. The molecule has 2 aliphatic rings. The first kappa shape index (κ1) is 35.2. The van der Waals surface area contributed by atoms with E-state index in [0.717, 1.165) is 29.3 Å². The molecule has 12 nitrogen and oxygen atoms in total. The number of morpholine rings is 1. The van der Waals surface area contributed by atoms with Gasteiger partial charge in [0.05, 0.1) is 29.5 Å². The number of aromatic amines is 1. The average molecular weight is 738 g/mol. The monoisotopic (exact) mass is 736 g/mol. The van der Waals surface area contributed by atoms with E-state index in [4.69, 9.17) is 42.6 Å². The number of pyridine rings is 1. The summed E-state index contributed by atoms with van der Waals surface area (Å²) in [7, 11) is -8.47. The fraction of sp³-hybridized carbons (Fsp3) is 0.379. The lowest BCUT2D eigenvalue weighted by molar-refractivity contribution is -0.377. The summed E-state index contributed by atoms with van der Waals surface area (Å²) in [6.07, 6.45) is 2.27. The zero-order valence-corrected chi connectivity index (χ0v) is 27.6. The highest BCUT2D eigenvalue weighted by Crippen LogP contribution is 2.38. The van der Waals surface area contributed by atoms with Crippen LogP contribution in [0.5, 0.6) is 11.5 Å². The Morgan fingerprint density at radius 3 is 2.40 bits per heavy atom. The molecule has 0 radical (unpaired) electrons. The summed E-state index contributed by atoms with van der Waals surface area (Å²) in [5.41, 5.74) is 0.729. The van der Waals surface area contributed by atoms with Gasteiger partial charge in [-0.25, -0.2) is 31.8 Å². The Morgan fingerprint density at radius 2 is 1.74 bits per heavy atom. The number of hydrogen-bond acceptors (Lipinski definition) is 9. The smallest absolute Gasteiger partial charge is 0.387 e. The molecule has 0 amide bonds. The Labute approximate surface area is 279 Å². The van der Waals surface area contributed by atoms with E-state index in [0.29, 0.717) is 11.1 Å². The van der Waals surface area contributed by atoms with Gasteiger partial charge in [0, 0.05) is 18.5 Å². The lowest BCUT2D eigenvalue weighted by atomic mass is 10.0. The Morgan fingerprint density at radius 1 is 1.04 bits per heavy atom. The molecule has 1 aliphatic carbocycles. The quantitative estimate of drug-likeness (QED) is 0.257. The highest BCUT2D eigenvalue weighted by atomic mass is 35.5. The number of benzene rings is 2. The van der Waals surface area contributed by atoms with Crippen LogP contribution in [-0.4, -0.2) is 66.1 Å². The molecule has 1 saturated carbocycles. The number of alkyl halides is 2. The molecule has 1 aromatic heterocycles. The zero-order valence-electron chi connectivity index (χ0n) is 24.5. The van der Waals surface area contributed by atoms with E-state index in [9.17, 15) is 30.4 Å². The van der Waals surface area contributed by atoms with Gasteiger partial charge in [0.25, 0.3) is 0 Å². The molecule has 1 saturated heterocycles. The van der Waals surface area contributed by atoms with Crippen LogP contribution in [0.4, 0.5) is 8.78 Å². The Kier molecular flexibility index (Phi) is 10.9. The van der Waals surface area contributed by atoms with Crippen molar-refractivity contribution in [2.75, 3.05) is 26.3 Å². The molecule has 3 N–H and O–H groups in total. The standard InChI is InChI=1S/C29H29Cl2F2N3O9S2/c30-22-13-35-14-23(31)21(22)12-25(18-6-7-24(45-29(32)33)26(10-18)43-16-17-4-5-17)44-28(37)27-15-36(8-9-42-27)47(40,41)20-3-1-2-19(11-20)46(34,38)39/h1-3,6-7,10-11,13-14,17,25,27,29H,4-5,8-9,12,15-16H2,(H2,34,38,39)/p+1/t25-,27?/m0/s1. The van der Waals surface area contributed by atoms with Gasteiger partial charge in [0.15, 0.2) is 30.0 Å². The molecule has 3 aromatic rings. The number of rotatable bonds is 13. The Bertz CT molecular complexity index is 1830.